The highest BCUT2D eigenvalue weighted by Gasteiger charge is 2.13. The standard InChI is InChI=1S/C13H13NO4/c1-17-9-3-4-10-11(7-9)14-8(6-13(15)16)5-12(10)18-2/h3-5,7H,6H2,1-2H3,(H,15,16). The number of hydrogen-bond acceptors (Lipinski definition) is 4. The normalized spacial score (nSPS) is 10.3. The Morgan fingerprint density at radius 3 is 2.67 bits per heavy atom. The van der Waals surface area contributed by atoms with Crippen LogP contribution in [0.25, 0.3) is 10.9 Å². The van der Waals surface area contributed by atoms with E-state index in [1.165, 1.54) is 0 Å². The fourth-order valence-corrected chi connectivity index (χ4v) is 1.83. The Hall–Kier alpha value is -2.30. The number of ether oxygens (including phenoxy) is 2. The van der Waals surface area contributed by atoms with Crippen LogP contribution in [0.15, 0.2) is 24.3 Å². The van der Waals surface area contributed by atoms with Gasteiger partial charge in [0.1, 0.15) is 11.5 Å². The molecule has 0 aliphatic carbocycles. The van der Waals surface area contributed by atoms with Crippen LogP contribution < -0.4 is 19.6 Å². The Labute approximate surface area is 104 Å². The van der Waals surface area contributed by atoms with Crippen LogP contribution in [0, 0.1) is 0 Å². The maximum absolute atomic E-state index is 10.6. The van der Waals surface area contributed by atoms with E-state index in [9.17, 15) is 9.90 Å². The summed E-state index contributed by atoms with van der Waals surface area (Å²) in [5.41, 5.74) is 1.28. The minimum Gasteiger partial charge on any atom is -0.550 e. The summed E-state index contributed by atoms with van der Waals surface area (Å²) in [6.07, 6.45) is -0.191. The van der Waals surface area contributed by atoms with Crippen molar-refractivity contribution in [3.05, 3.63) is 30.0 Å². The largest absolute Gasteiger partial charge is 0.550 e. The van der Waals surface area contributed by atoms with E-state index in [-0.39, 0.29) is 6.42 Å². The zero-order valence-corrected chi connectivity index (χ0v) is 10.1. The molecule has 0 atom stereocenters. The Morgan fingerprint density at radius 2 is 2.06 bits per heavy atom. The molecular formula is C13H13NO4. The molecule has 0 amide bonds. The van der Waals surface area contributed by atoms with Gasteiger partial charge in [0.15, 0.2) is 5.69 Å². The summed E-state index contributed by atoms with van der Waals surface area (Å²) in [5, 5.41) is 11.5. The lowest BCUT2D eigenvalue weighted by Gasteiger charge is -2.06. The summed E-state index contributed by atoms with van der Waals surface area (Å²) >= 11 is 0. The predicted molar refractivity (Wildman–Crippen MR) is 62.3 cm³/mol. The quantitative estimate of drug-likeness (QED) is 0.760. The van der Waals surface area contributed by atoms with Crippen LogP contribution >= 0.6 is 0 Å². The highest BCUT2D eigenvalue weighted by molar-refractivity contribution is 5.84. The Balaban J connectivity index is 2.60. The molecule has 1 N–H and O–H groups in total. The number of methoxy groups -OCH3 is 2. The molecule has 0 saturated carbocycles. The third-order valence-corrected chi connectivity index (χ3v) is 2.65. The van der Waals surface area contributed by atoms with E-state index in [2.05, 4.69) is 4.98 Å². The molecule has 0 fully saturated rings. The number of benzene rings is 1. The monoisotopic (exact) mass is 247 g/mol. The molecule has 5 nitrogen and oxygen atoms in total. The van der Waals surface area contributed by atoms with Crippen LogP contribution in [0.4, 0.5) is 0 Å². The van der Waals surface area contributed by atoms with Crippen molar-refractivity contribution in [2.45, 2.75) is 6.42 Å². The summed E-state index contributed by atoms with van der Waals surface area (Å²) in [4.78, 5) is 13.7. The van der Waals surface area contributed by atoms with Crippen molar-refractivity contribution in [1.29, 1.82) is 0 Å². The van der Waals surface area contributed by atoms with E-state index in [1.54, 1.807) is 26.4 Å². The average molecular weight is 247 g/mol. The highest BCUT2D eigenvalue weighted by atomic mass is 16.5. The number of fused-ring (bicyclic) bond motifs is 1. The van der Waals surface area contributed by atoms with E-state index in [0.29, 0.717) is 17.2 Å². The smallest absolute Gasteiger partial charge is 0.218 e. The van der Waals surface area contributed by atoms with Crippen LogP contribution in [-0.2, 0) is 11.2 Å². The minimum absolute atomic E-state index is 0.191. The number of carbonyl (C=O) groups is 1. The van der Waals surface area contributed by atoms with Gasteiger partial charge in [-0.1, -0.05) is 0 Å². The number of nitrogens with one attached hydrogen (secondary N) is 1. The van der Waals surface area contributed by atoms with Gasteiger partial charge in [0, 0.05) is 6.07 Å². The van der Waals surface area contributed by atoms with E-state index in [1.807, 2.05) is 12.1 Å². The number of carboxylic acid groups (broad SMARTS) is 1. The molecule has 0 aliphatic rings. The lowest BCUT2D eigenvalue weighted by atomic mass is 10.1. The highest BCUT2D eigenvalue weighted by Crippen LogP contribution is 2.26. The minimum atomic E-state index is -1.14. The van der Waals surface area contributed by atoms with Gasteiger partial charge in [-0.3, -0.25) is 0 Å². The molecular weight excluding hydrogens is 234 g/mol. The summed E-state index contributed by atoms with van der Waals surface area (Å²) in [5.74, 6) is 0.157. The molecule has 5 heteroatoms. The van der Waals surface area contributed by atoms with Gasteiger partial charge in [-0.2, -0.15) is 0 Å². The van der Waals surface area contributed by atoms with Crippen molar-refractivity contribution >= 4 is 16.9 Å². The molecule has 2 rings (SSSR count). The first-order chi connectivity index (χ1) is 8.63. The molecule has 1 aromatic carbocycles. The first-order valence-electron chi connectivity index (χ1n) is 5.41. The fourth-order valence-electron chi connectivity index (χ4n) is 1.83. The molecule has 1 heterocycles. The molecule has 1 aromatic heterocycles. The molecule has 94 valence electrons. The number of pyridine rings is 1. The summed E-state index contributed by atoms with van der Waals surface area (Å²) in [7, 11) is 3.12. The van der Waals surface area contributed by atoms with Crippen LogP contribution in [0.2, 0.25) is 0 Å². The maximum atomic E-state index is 10.6. The number of hydrogen-bond donors (Lipinski definition) is 0. The number of aliphatic carboxylic acids is 1. The van der Waals surface area contributed by atoms with Gasteiger partial charge >= 0.3 is 0 Å². The van der Waals surface area contributed by atoms with Crippen molar-refractivity contribution in [3.8, 4) is 11.5 Å². The van der Waals surface area contributed by atoms with Crippen molar-refractivity contribution in [2.24, 2.45) is 0 Å². The molecule has 18 heavy (non-hydrogen) atoms. The van der Waals surface area contributed by atoms with Crippen LogP contribution in [0.3, 0.4) is 0 Å². The predicted octanol–water partition coefficient (Wildman–Crippen LogP) is -0.0365. The first-order valence-corrected chi connectivity index (χ1v) is 5.41. The number of carbonyl (C=O) groups excluding carboxylic acids is 1. The van der Waals surface area contributed by atoms with Gasteiger partial charge < -0.3 is 19.4 Å². The SMILES string of the molecule is COc1ccc2c(OC)cc(CC(=O)[O-])[nH+]c2c1. The number of rotatable bonds is 4. The first kappa shape index (κ1) is 12.2. The number of aromatic amines is 1. The second-order valence-corrected chi connectivity index (χ2v) is 3.82. The topological polar surface area (TPSA) is 72.7 Å². The van der Waals surface area contributed by atoms with Crippen LogP contribution in [0.5, 0.6) is 11.5 Å². The van der Waals surface area contributed by atoms with Crippen LogP contribution in [0.1, 0.15) is 5.69 Å². The second-order valence-electron chi connectivity index (χ2n) is 3.82. The molecule has 0 unspecified atom stereocenters. The number of carboxylic acids is 1. The maximum Gasteiger partial charge on any atom is 0.218 e. The molecule has 0 bridgehead atoms. The lowest BCUT2D eigenvalue weighted by Crippen LogP contribution is -2.28. The van der Waals surface area contributed by atoms with Gasteiger partial charge in [-0.15, -0.1) is 0 Å². The zero-order valence-electron chi connectivity index (χ0n) is 10.1. The van der Waals surface area contributed by atoms with E-state index < -0.39 is 5.97 Å². The van der Waals surface area contributed by atoms with E-state index in [4.69, 9.17) is 9.47 Å². The van der Waals surface area contributed by atoms with Gasteiger partial charge in [0.25, 0.3) is 0 Å². The van der Waals surface area contributed by atoms with E-state index in [0.717, 1.165) is 10.9 Å². The van der Waals surface area contributed by atoms with Crippen molar-refractivity contribution < 1.29 is 24.4 Å². The van der Waals surface area contributed by atoms with Gasteiger partial charge in [0.05, 0.1) is 38.1 Å². The third-order valence-electron chi connectivity index (χ3n) is 2.65. The van der Waals surface area contributed by atoms with Gasteiger partial charge in [-0.05, 0) is 12.1 Å². The zero-order chi connectivity index (χ0) is 13.1. The average Bonchev–Trinajstić information content (AvgIpc) is 2.36. The lowest BCUT2D eigenvalue weighted by molar-refractivity contribution is -0.362. The molecule has 0 radical (unpaired) electrons. The van der Waals surface area contributed by atoms with Crippen LogP contribution in [-0.4, -0.2) is 20.2 Å². The summed E-state index contributed by atoms with van der Waals surface area (Å²) in [6, 6.07) is 7.12. The third kappa shape index (κ3) is 2.34. The number of aromatic nitrogens is 1. The Kier molecular flexibility index (Phi) is 3.32. The molecule has 0 aliphatic heterocycles. The number of H-pyrrole nitrogens is 1. The molecule has 2 aromatic rings. The summed E-state index contributed by atoms with van der Waals surface area (Å²) in [6.45, 7) is 0. The van der Waals surface area contributed by atoms with Crippen molar-refractivity contribution in [3.63, 3.8) is 0 Å². The van der Waals surface area contributed by atoms with Gasteiger partial charge in [-0.25, -0.2) is 4.98 Å². The van der Waals surface area contributed by atoms with Gasteiger partial charge in [0.2, 0.25) is 5.52 Å². The fraction of sp³-hybridized carbons (Fsp3) is 0.231. The Morgan fingerprint density at radius 1 is 1.28 bits per heavy atom. The van der Waals surface area contributed by atoms with Crippen molar-refractivity contribution in [2.75, 3.05) is 14.2 Å². The molecule has 0 saturated heterocycles. The summed E-state index contributed by atoms with van der Waals surface area (Å²) < 4.78 is 10.4. The van der Waals surface area contributed by atoms with Crippen molar-refractivity contribution in [1.82, 2.24) is 0 Å². The molecule has 0 spiro atoms. The Bertz CT molecular complexity index is 595. The van der Waals surface area contributed by atoms with E-state index >= 15 is 0 Å². The second kappa shape index (κ2) is 4.91.